The molecule has 0 bridgehead atoms. The third-order valence-corrected chi connectivity index (χ3v) is 2.97. The summed E-state index contributed by atoms with van der Waals surface area (Å²) in [4.78, 5) is 0. The van der Waals surface area contributed by atoms with Gasteiger partial charge in [0, 0.05) is 0 Å². The predicted octanol–water partition coefficient (Wildman–Crippen LogP) is 3.81. The van der Waals surface area contributed by atoms with E-state index >= 15 is 0 Å². The number of fused-ring (bicyclic) bond motifs is 1. The lowest BCUT2D eigenvalue weighted by atomic mass is 9.99. The van der Waals surface area contributed by atoms with Crippen LogP contribution in [0.15, 0.2) is 54.6 Å². The van der Waals surface area contributed by atoms with E-state index in [0.717, 1.165) is 23.1 Å². The summed E-state index contributed by atoms with van der Waals surface area (Å²) in [5, 5.41) is 0. The first-order valence-electron chi connectivity index (χ1n) is 5.39. The molecule has 0 aliphatic heterocycles. The zero-order chi connectivity index (χ0) is 11.0. The van der Waals surface area contributed by atoms with Crippen LogP contribution in [0.3, 0.4) is 0 Å². The molecule has 0 fully saturated rings. The van der Waals surface area contributed by atoms with Crippen LogP contribution in [0.25, 0.3) is 5.57 Å². The van der Waals surface area contributed by atoms with Crippen molar-refractivity contribution in [3.05, 3.63) is 77.1 Å². The molecule has 16 heavy (non-hydrogen) atoms. The van der Waals surface area contributed by atoms with E-state index in [1.165, 1.54) is 11.6 Å². The van der Waals surface area contributed by atoms with E-state index in [1.54, 1.807) is 6.07 Å². The largest absolute Gasteiger partial charge is 0.207 e. The van der Waals surface area contributed by atoms with E-state index in [2.05, 4.69) is 18.2 Å². The Labute approximate surface area is 94.1 Å². The number of allylic oxidation sites excluding steroid dienone is 1. The first-order valence-corrected chi connectivity index (χ1v) is 5.39. The molecule has 2 aromatic rings. The van der Waals surface area contributed by atoms with Crippen LogP contribution in [-0.2, 0) is 6.42 Å². The van der Waals surface area contributed by atoms with Gasteiger partial charge in [-0.05, 0) is 40.8 Å². The Kier molecular flexibility index (Phi) is 2.10. The van der Waals surface area contributed by atoms with E-state index < -0.39 is 0 Å². The molecule has 0 amide bonds. The lowest BCUT2D eigenvalue weighted by Gasteiger charge is -2.05. The molecule has 0 spiro atoms. The number of hydrogen-bond donors (Lipinski definition) is 0. The minimum Gasteiger partial charge on any atom is -0.207 e. The maximum Gasteiger partial charge on any atom is 0.123 e. The zero-order valence-corrected chi connectivity index (χ0v) is 8.78. The summed E-state index contributed by atoms with van der Waals surface area (Å²) in [6.07, 6.45) is 3.07. The lowest BCUT2D eigenvalue weighted by Crippen LogP contribution is -1.88. The molecular weight excluding hydrogens is 199 g/mol. The average Bonchev–Trinajstić information content (AvgIpc) is 2.73. The maximum atomic E-state index is 13.2. The van der Waals surface area contributed by atoms with Crippen LogP contribution in [0.4, 0.5) is 4.39 Å². The molecule has 2 aromatic carbocycles. The summed E-state index contributed by atoms with van der Waals surface area (Å²) in [6, 6.07) is 15.2. The standard InChI is InChI=1S/C15H11F/c16-13-8-6-12-7-9-14(15(12)10-13)11-4-2-1-3-5-11/h1-6,8-10H,7H2. The fraction of sp³-hybridized carbons (Fsp3) is 0.0667. The summed E-state index contributed by atoms with van der Waals surface area (Å²) in [6.45, 7) is 0. The number of hydrogen-bond acceptors (Lipinski definition) is 0. The number of benzene rings is 2. The molecule has 0 atom stereocenters. The van der Waals surface area contributed by atoms with E-state index in [1.807, 2.05) is 24.3 Å². The SMILES string of the molecule is Fc1ccc2c(c1)C(c1ccccc1)=CC2. The van der Waals surface area contributed by atoms with Crippen LogP contribution in [-0.4, -0.2) is 0 Å². The van der Waals surface area contributed by atoms with Crippen molar-refractivity contribution in [2.45, 2.75) is 6.42 Å². The second-order valence-corrected chi connectivity index (χ2v) is 3.99. The predicted molar refractivity (Wildman–Crippen MR) is 63.6 cm³/mol. The Hall–Kier alpha value is -1.89. The van der Waals surface area contributed by atoms with Gasteiger partial charge in [-0.1, -0.05) is 42.5 Å². The second kappa shape index (κ2) is 3.60. The maximum absolute atomic E-state index is 13.2. The van der Waals surface area contributed by atoms with Gasteiger partial charge in [-0.15, -0.1) is 0 Å². The second-order valence-electron chi connectivity index (χ2n) is 3.99. The highest BCUT2D eigenvalue weighted by molar-refractivity contribution is 5.84. The summed E-state index contributed by atoms with van der Waals surface area (Å²) >= 11 is 0. The first kappa shape index (κ1) is 9.34. The van der Waals surface area contributed by atoms with Crippen LogP contribution in [0.1, 0.15) is 16.7 Å². The zero-order valence-electron chi connectivity index (χ0n) is 8.78. The van der Waals surface area contributed by atoms with E-state index in [0.29, 0.717) is 0 Å². The molecule has 1 aliphatic carbocycles. The molecule has 0 aromatic heterocycles. The van der Waals surface area contributed by atoms with Gasteiger partial charge in [0.05, 0.1) is 0 Å². The highest BCUT2D eigenvalue weighted by Gasteiger charge is 2.15. The van der Waals surface area contributed by atoms with Gasteiger partial charge < -0.3 is 0 Å². The third-order valence-electron chi connectivity index (χ3n) is 2.97. The smallest absolute Gasteiger partial charge is 0.123 e. The van der Waals surface area contributed by atoms with Gasteiger partial charge in [0.2, 0.25) is 0 Å². The van der Waals surface area contributed by atoms with Gasteiger partial charge in [-0.2, -0.15) is 0 Å². The Morgan fingerprint density at radius 2 is 1.75 bits per heavy atom. The van der Waals surface area contributed by atoms with Crippen molar-refractivity contribution in [3.63, 3.8) is 0 Å². The van der Waals surface area contributed by atoms with Gasteiger partial charge in [0.1, 0.15) is 5.82 Å². The summed E-state index contributed by atoms with van der Waals surface area (Å²) in [7, 11) is 0. The molecule has 0 heterocycles. The third kappa shape index (κ3) is 1.45. The Balaban J connectivity index is 2.12. The van der Waals surface area contributed by atoms with Crippen molar-refractivity contribution in [3.8, 4) is 0 Å². The topological polar surface area (TPSA) is 0 Å². The van der Waals surface area contributed by atoms with Crippen molar-refractivity contribution in [1.29, 1.82) is 0 Å². The Morgan fingerprint density at radius 1 is 0.938 bits per heavy atom. The summed E-state index contributed by atoms with van der Waals surface area (Å²) in [5.74, 6) is -0.164. The molecule has 0 N–H and O–H groups in total. The number of halogens is 1. The van der Waals surface area contributed by atoms with Crippen LogP contribution < -0.4 is 0 Å². The molecule has 0 radical (unpaired) electrons. The molecule has 1 aliphatic rings. The fourth-order valence-electron chi connectivity index (χ4n) is 2.19. The van der Waals surface area contributed by atoms with Gasteiger partial charge in [-0.3, -0.25) is 0 Å². The Bertz CT molecular complexity index is 553. The molecule has 0 nitrogen and oxygen atoms in total. The lowest BCUT2D eigenvalue weighted by molar-refractivity contribution is 0.627. The minimum absolute atomic E-state index is 0.164. The van der Waals surface area contributed by atoms with Crippen LogP contribution in [0.2, 0.25) is 0 Å². The van der Waals surface area contributed by atoms with Crippen LogP contribution in [0.5, 0.6) is 0 Å². The van der Waals surface area contributed by atoms with Crippen molar-refractivity contribution in [1.82, 2.24) is 0 Å². The van der Waals surface area contributed by atoms with Crippen molar-refractivity contribution in [2.24, 2.45) is 0 Å². The highest BCUT2D eigenvalue weighted by Crippen LogP contribution is 2.32. The monoisotopic (exact) mass is 210 g/mol. The molecule has 0 unspecified atom stereocenters. The number of rotatable bonds is 1. The molecular formula is C15H11F. The fourth-order valence-corrected chi connectivity index (χ4v) is 2.19. The quantitative estimate of drug-likeness (QED) is 0.671. The minimum atomic E-state index is -0.164. The normalized spacial score (nSPS) is 13.4. The van der Waals surface area contributed by atoms with E-state index in [4.69, 9.17) is 0 Å². The van der Waals surface area contributed by atoms with Crippen molar-refractivity contribution < 1.29 is 4.39 Å². The summed E-state index contributed by atoms with van der Waals surface area (Å²) in [5.41, 5.74) is 4.55. The van der Waals surface area contributed by atoms with Crippen molar-refractivity contribution >= 4 is 5.57 Å². The van der Waals surface area contributed by atoms with Gasteiger partial charge in [0.25, 0.3) is 0 Å². The van der Waals surface area contributed by atoms with Gasteiger partial charge >= 0.3 is 0 Å². The molecule has 0 saturated heterocycles. The van der Waals surface area contributed by atoms with Gasteiger partial charge in [0.15, 0.2) is 0 Å². The van der Waals surface area contributed by atoms with Crippen LogP contribution in [0, 0.1) is 5.82 Å². The molecule has 3 rings (SSSR count). The highest BCUT2D eigenvalue weighted by atomic mass is 19.1. The van der Waals surface area contributed by atoms with E-state index in [-0.39, 0.29) is 5.82 Å². The molecule has 78 valence electrons. The van der Waals surface area contributed by atoms with E-state index in [9.17, 15) is 4.39 Å². The molecule has 1 heteroatoms. The molecule has 0 saturated carbocycles. The van der Waals surface area contributed by atoms with Crippen LogP contribution >= 0.6 is 0 Å². The average molecular weight is 210 g/mol. The summed E-state index contributed by atoms with van der Waals surface area (Å²) < 4.78 is 13.2. The van der Waals surface area contributed by atoms with Gasteiger partial charge in [-0.25, -0.2) is 4.39 Å². The Morgan fingerprint density at radius 3 is 2.56 bits per heavy atom. The van der Waals surface area contributed by atoms with Crippen molar-refractivity contribution in [2.75, 3.05) is 0 Å². The first-order chi connectivity index (χ1) is 7.84.